The minimum absolute atomic E-state index is 0.474. The number of rotatable bonds is 7. The summed E-state index contributed by atoms with van der Waals surface area (Å²) in [4.78, 5) is 9.31. The maximum atomic E-state index is 5.57. The molecule has 2 heterocycles. The van der Waals surface area contributed by atoms with E-state index >= 15 is 0 Å². The van der Waals surface area contributed by atoms with Crippen molar-refractivity contribution in [3.05, 3.63) is 45.4 Å². The summed E-state index contributed by atoms with van der Waals surface area (Å²) in [6.45, 7) is 9.52. The first kappa shape index (κ1) is 18.7. The minimum Gasteiger partial charge on any atom is -0.493 e. The second-order valence-corrected chi connectivity index (χ2v) is 7.63. The molecule has 140 valence electrons. The number of hydrogen-bond donors (Lipinski definition) is 2. The Bertz CT molecular complexity index is 754. The third kappa shape index (κ3) is 4.97. The van der Waals surface area contributed by atoms with Gasteiger partial charge in [0.15, 0.2) is 5.96 Å². The number of nitrogens with one attached hydrogen (secondary N) is 2. The zero-order chi connectivity index (χ0) is 18.4. The lowest BCUT2D eigenvalue weighted by Crippen LogP contribution is -2.38. The van der Waals surface area contributed by atoms with E-state index in [9.17, 15) is 0 Å². The van der Waals surface area contributed by atoms with Crippen molar-refractivity contribution in [3.8, 4) is 5.75 Å². The minimum atomic E-state index is 0.474. The Hall–Kier alpha value is -2.08. The third-order valence-corrected chi connectivity index (χ3v) is 5.46. The van der Waals surface area contributed by atoms with E-state index in [4.69, 9.17) is 4.74 Å². The SMILES string of the molecule is CCNC(=NCc1csc(C(C)C)n1)NCCc1ccc2c(c1)CCO2. The van der Waals surface area contributed by atoms with Gasteiger partial charge in [-0.3, -0.25) is 0 Å². The summed E-state index contributed by atoms with van der Waals surface area (Å²) in [6, 6.07) is 6.50. The smallest absolute Gasteiger partial charge is 0.191 e. The predicted molar refractivity (Wildman–Crippen MR) is 108 cm³/mol. The molecule has 1 aliphatic heterocycles. The van der Waals surface area contributed by atoms with Gasteiger partial charge in [0.25, 0.3) is 0 Å². The molecule has 0 spiro atoms. The summed E-state index contributed by atoms with van der Waals surface area (Å²) >= 11 is 1.72. The maximum Gasteiger partial charge on any atom is 0.191 e. The number of benzene rings is 1. The molecule has 1 aromatic heterocycles. The standard InChI is InChI=1S/C20H28N4OS/c1-4-21-20(23-12-17-13-26-19(24-17)14(2)3)22-9-7-15-5-6-18-16(11-15)8-10-25-18/h5-6,11,13-14H,4,7-10,12H2,1-3H3,(H2,21,22,23). The largest absolute Gasteiger partial charge is 0.493 e. The van der Waals surface area contributed by atoms with Crippen molar-refractivity contribution in [1.29, 1.82) is 0 Å². The molecule has 0 saturated carbocycles. The van der Waals surface area contributed by atoms with Crippen molar-refractivity contribution in [2.45, 2.75) is 46.1 Å². The van der Waals surface area contributed by atoms with E-state index < -0.39 is 0 Å². The van der Waals surface area contributed by atoms with Crippen LogP contribution >= 0.6 is 11.3 Å². The third-order valence-electron chi connectivity index (χ3n) is 4.27. The molecule has 0 radical (unpaired) electrons. The normalized spacial score (nSPS) is 13.6. The van der Waals surface area contributed by atoms with Crippen LogP contribution in [0.5, 0.6) is 5.75 Å². The molecule has 2 aromatic rings. The first-order chi connectivity index (χ1) is 12.7. The lowest BCUT2D eigenvalue weighted by Gasteiger charge is -2.11. The second kappa shape index (κ2) is 9.03. The lowest BCUT2D eigenvalue weighted by atomic mass is 10.1. The summed E-state index contributed by atoms with van der Waals surface area (Å²) in [5.74, 6) is 2.36. The Morgan fingerprint density at radius 3 is 3.00 bits per heavy atom. The van der Waals surface area contributed by atoms with Crippen molar-refractivity contribution in [2.75, 3.05) is 19.7 Å². The quantitative estimate of drug-likeness (QED) is 0.577. The molecule has 0 amide bonds. The molecule has 0 fully saturated rings. The second-order valence-electron chi connectivity index (χ2n) is 6.74. The number of hydrogen-bond acceptors (Lipinski definition) is 4. The molecular weight excluding hydrogens is 344 g/mol. The molecule has 0 saturated heterocycles. The van der Waals surface area contributed by atoms with Crippen LogP contribution in [0, 0.1) is 0 Å². The van der Waals surface area contributed by atoms with Crippen molar-refractivity contribution in [3.63, 3.8) is 0 Å². The van der Waals surface area contributed by atoms with Gasteiger partial charge in [-0.2, -0.15) is 0 Å². The maximum absolute atomic E-state index is 5.57. The number of aromatic nitrogens is 1. The first-order valence-electron chi connectivity index (χ1n) is 9.36. The number of fused-ring (bicyclic) bond motifs is 1. The van der Waals surface area contributed by atoms with E-state index in [-0.39, 0.29) is 0 Å². The molecule has 0 aliphatic carbocycles. The Kier molecular flexibility index (Phi) is 6.50. The number of aliphatic imine (C=N–C) groups is 1. The van der Waals surface area contributed by atoms with Gasteiger partial charge in [0.2, 0.25) is 0 Å². The zero-order valence-corrected chi connectivity index (χ0v) is 16.7. The number of ether oxygens (including phenoxy) is 1. The van der Waals surface area contributed by atoms with E-state index in [1.165, 1.54) is 16.1 Å². The van der Waals surface area contributed by atoms with Crippen LogP contribution in [-0.4, -0.2) is 30.6 Å². The van der Waals surface area contributed by atoms with Gasteiger partial charge in [0, 0.05) is 30.8 Å². The van der Waals surface area contributed by atoms with Crippen LogP contribution in [0.4, 0.5) is 0 Å². The van der Waals surface area contributed by atoms with Crippen LogP contribution < -0.4 is 15.4 Å². The van der Waals surface area contributed by atoms with Crippen molar-refractivity contribution in [2.24, 2.45) is 4.99 Å². The van der Waals surface area contributed by atoms with Gasteiger partial charge in [0.05, 0.1) is 23.9 Å². The van der Waals surface area contributed by atoms with E-state index in [0.29, 0.717) is 12.5 Å². The van der Waals surface area contributed by atoms with Crippen LogP contribution in [-0.2, 0) is 19.4 Å². The van der Waals surface area contributed by atoms with Crippen molar-refractivity contribution >= 4 is 17.3 Å². The van der Waals surface area contributed by atoms with Crippen LogP contribution in [0.15, 0.2) is 28.6 Å². The van der Waals surface area contributed by atoms with E-state index in [1.807, 2.05) is 0 Å². The Labute approximate surface area is 159 Å². The monoisotopic (exact) mass is 372 g/mol. The molecular formula is C20H28N4OS. The van der Waals surface area contributed by atoms with Crippen molar-refractivity contribution < 1.29 is 4.74 Å². The van der Waals surface area contributed by atoms with Gasteiger partial charge in [-0.25, -0.2) is 9.98 Å². The number of guanidine groups is 1. The van der Waals surface area contributed by atoms with Crippen LogP contribution in [0.2, 0.25) is 0 Å². The predicted octanol–water partition coefficient (Wildman–Crippen LogP) is 3.50. The van der Waals surface area contributed by atoms with Gasteiger partial charge in [-0.05, 0) is 30.5 Å². The van der Waals surface area contributed by atoms with E-state index in [0.717, 1.165) is 49.9 Å². The van der Waals surface area contributed by atoms with Crippen molar-refractivity contribution in [1.82, 2.24) is 15.6 Å². The Balaban J connectivity index is 1.52. The molecule has 2 N–H and O–H groups in total. The highest BCUT2D eigenvalue weighted by atomic mass is 32.1. The summed E-state index contributed by atoms with van der Waals surface area (Å²) in [7, 11) is 0. The molecule has 26 heavy (non-hydrogen) atoms. The van der Waals surface area contributed by atoms with Crippen LogP contribution in [0.1, 0.15) is 48.5 Å². The molecule has 3 rings (SSSR count). The number of thiazole rings is 1. The Morgan fingerprint density at radius 1 is 1.35 bits per heavy atom. The first-order valence-corrected chi connectivity index (χ1v) is 10.2. The molecule has 0 atom stereocenters. The summed E-state index contributed by atoms with van der Waals surface area (Å²) in [5, 5.41) is 10.0. The van der Waals surface area contributed by atoms with Crippen LogP contribution in [0.25, 0.3) is 0 Å². The topological polar surface area (TPSA) is 58.5 Å². The summed E-state index contributed by atoms with van der Waals surface area (Å²) in [5.41, 5.74) is 3.70. The summed E-state index contributed by atoms with van der Waals surface area (Å²) in [6.07, 6.45) is 1.98. The fraction of sp³-hybridized carbons (Fsp3) is 0.500. The zero-order valence-electron chi connectivity index (χ0n) is 15.8. The highest BCUT2D eigenvalue weighted by molar-refractivity contribution is 7.09. The molecule has 0 unspecified atom stereocenters. The van der Waals surface area contributed by atoms with Gasteiger partial charge in [-0.1, -0.05) is 26.0 Å². The van der Waals surface area contributed by atoms with Gasteiger partial charge in [-0.15, -0.1) is 11.3 Å². The van der Waals surface area contributed by atoms with Gasteiger partial charge < -0.3 is 15.4 Å². The average Bonchev–Trinajstić information content (AvgIpc) is 3.28. The summed E-state index contributed by atoms with van der Waals surface area (Å²) < 4.78 is 5.57. The molecule has 1 aromatic carbocycles. The molecule has 5 nitrogen and oxygen atoms in total. The Morgan fingerprint density at radius 2 is 2.23 bits per heavy atom. The highest BCUT2D eigenvalue weighted by Gasteiger charge is 2.12. The van der Waals surface area contributed by atoms with Gasteiger partial charge in [0.1, 0.15) is 5.75 Å². The van der Waals surface area contributed by atoms with E-state index in [2.05, 4.69) is 65.0 Å². The van der Waals surface area contributed by atoms with Crippen LogP contribution in [0.3, 0.4) is 0 Å². The fourth-order valence-electron chi connectivity index (χ4n) is 2.88. The fourth-order valence-corrected chi connectivity index (χ4v) is 3.71. The lowest BCUT2D eigenvalue weighted by molar-refractivity contribution is 0.357. The average molecular weight is 373 g/mol. The molecule has 1 aliphatic rings. The number of nitrogens with zero attached hydrogens (tertiary/aromatic N) is 2. The molecule has 6 heteroatoms. The van der Waals surface area contributed by atoms with Gasteiger partial charge >= 0.3 is 0 Å². The van der Waals surface area contributed by atoms with E-state index in [1.54, 1.807) is 11.3 Å². The molecule has 0 bridgehead atoms. The highest BCUT2D eigenvalue weighted by Crippen LogP contribution is 2.25.